The van der Waals surface area contributed by atoms with Crippen molar-refractivity contribution in [2.75, 3.05) is 19.8 Å². The summed E-state index contributed by atoms with van der Waals surface area (Å²) in [5.41, 5.74) is -1.02. The number of alkyl halides is 3. The first kappa shape index (κ1) is 23.9. The van der Waals surface area contributed by atoms with Crippen LogP contribution in [0.4, 0.5) is 13.2 Å². The molecule has 1 aromatic carbocycles. The number of halogens is 3. The maximum absolute atomic E-state index is 12.8. The van der Waals surface area contributed by atoms with E-state index in [1.807, 2.05) is 0 Å². The first-order chi connectivity index (χ1) is 15.7. The lowest BCUT2D eigenvalue weighted by molar-refractivity contribution is -0.274. The van der Waals surface area contributed by atoms with Crippen molar-refractivity contribution in [3.63, 3.8) is 0 Å². The summed E-state index contributed by atoms with van der Waals surface area (Å²) in [6.07, 6.45) is -2.37. The van der Waals surface area contributed by atoms with E-state index in [2.05, 4.69) is 9.72 Å². The Morgan fingerprint density at radius 2 is 1.85 bits per heavy atom. The van der Waals surface area contributed by atoms with Gasteiger partial charge in [-0.15, -0.1) is 13.2 Å². The fraction of sp³-hybridized carbons (Fsp3) is 0.350. The number of fused-ring (bicyclic) bond motifs is 1. The van der Waals surface area contributed by atoms with Gasteiger partial charge < -0.3 is 19.3 Å². The number of rotatable bonds is 9. The molecule has 0 unspecified atom stereocenters. The summed E-state index contributed by atoms with van der Waals surface area (Å²) in [6, 6.07) is 5.12. The average molecular weight is 470 g/mol. The van der Waals surface area contributed by atoms with Crippen LogP contribution in [0.2, 0.25) is 0 Å². The molecule has 0 aliphatic carbocycles. The summed E-state index contributed by atoms with van der Waals surface area (Å²) in [4.78, 5) is 29.5. The molecule has 2 aromatic heterocycles. The Morgan fingerprint density at radius 3 is 2.52 bits per heavy atom. The number of aliphatic hydroxyl groups excluding tert-OH is 1. The number of ether oxygens (including phenoxy) is 3. The molecule has 0 atom stereocenters. The molecular weight excluding hydrogens is 449 g/mol. The van der Waals surface area contributed by atoms with Gasteiger partial charge in [0.15, 0.2) is 11.2 Å². The number of nitrogens with zero attached hydrogens (tertiary/aromatic N) is 4. The summed E-state index contributed by atoms with van der Waals surface area (Å²) < 4.78 is 55.4. The topological polar surface area (TPSA) is 110 Å². The maximum atomic E-state index is 12.8. The Kier molecular flexibility index (Phi) is 7.11. The molecule has 0 fully saturated rings. The van der Waals surface area contributed by atoms with E-state index in [4.69, 9.17) is 14.6 Å². The van der Waals surface area contributed by atoms with E-state index in [-0.39, 0.29) is 42.7 Å². The van der Waals surface area contributed by atoms with Crippen LogP contribution in [0.25, 0.3) is 17.4 Å². The van der Waals surface area contributed by atoms with Crippen LogP contribution in [-0.2, 0) is 13.6 Å². The Labute approximate surface area is 184 Å². The molecule has 0 amide bonds. The summed E-state index contributed by atoms with van der Waals surface area (Å²) in [5, 5.41) is 8.95. The summed E-state index contributed by atoms with van der Waals surface area (Å²) in [7, 11) is 1.45. The minimum absolute atomic E-state index is 0.0369. The molecule has 2 heterocycles. The number of benzene rings is 1. The van der Waals surface area contributed by atoms with Crippen LogP contribution in [0.15, 0.2) is 39.9 Å². The zero-order valence-electron chi connectivity index (χ0n) is 17.7. The van der Waals surface area contributed by atoms with E-state index in [9.17, 15) is 22.8 Å². The SMILES string of the molecule is CCn1c(OCCOc2cccc(OC(F)(F)F)c2)nc2c1c(=O)n(/C=C/CO)c(=O)n2C. The standard InChI is InChI=1S/C20H21F3N4O6/c1-3-26-15-16(25(2)19(30)27(17(15)29)8-5-9-28)24-18(26)32-11-10-31-13-6-4-7-14(12-13)33-20(21,22)23/h4-8,12,28H,3,9-11H2,1-2H3/b8-5+. The number of aliphatic hydroxyl groups is 1. The molecular formula is C20H21F3N4O6. The monoisotopic (exact) mass is 470 g/mol. The second-order valence-corrected chi connectivity index (χ2v) is 6.61. The van der Waals surface area contributed by atoms with Gasteiger partial charge in [-0.1, -0.05) is 6.07 Å². The van der Waals surface area contributed by atoms with Crippen LogP contribution < -0.4 is 25.5 Å². The maximum Gasteiger partial charge on any atom is 0.573 e. The van der Waals surface area contributed by atoms with Gasteiger partial charge in [0, 0.05) is 25.9 Å². The van der Waals surface area contributed by atoms with Crippen molar-refractivity contribution in [2.24, 2.45) is 7.05 Å². The van der Waals surface area contributed by atoms with Crippen LogP contribution in [0.1, 0.15) is 6.92 Å². The second kappa shape index (κ2) is 9.81. The minimum atomic E-state index is -4.81. The van der Waals surface area contributed by atoms with Crippen molar-refractivity contribution in [2.45, 2.75) is 19.8 Å². The van der Waals surface area contributed by atoms with E-state index in [1.54, 1.807) is 6.92 Å². The number of hydrogen-bond acceptors (Lipinski definition) is 7. The van der Waals surface area contributed by atoms with E-state index >= 15 is 0 Å². The van der Waals surface area contributed by atoms with Crippen LogP contribution >= 0.6 is 0 Å². The van der Waals surface area contributed by atoms with Crippen molar-refractivity contribution in [1.82, 2.24) is 18.7 Å². The molecule has 13 heteroatoms. The van der Waals surface area contributed by atoms with Crippen molar-refractivity contribution in [3.8, 4) is 17.5 Å². The van der Waals surface area contributed by atoms with Gasteiger partial charge in [-0.05, 0) is 25.1 Å². The van der Waals surface area contributed by atoms with E-state index in [0.29, 0.717) is 6.54 Å². The van der Waals surface area contributed by atoms with Gasteiger partial charge in [0.1, 0.15) is 24.7 Å². The Morgan fingerprint density at radius 1 is 1.15 bits per heavy atom. The predicted molar refractivity (Wildman–Crippen MR) is 111 cm³/mol. The highest BCUT2D eigenvalue weighted by atomic mass is 19.4. The molecule has 0 aliphatic heterocycles. The molecule has 1 N–H and O–H groups in total. The molecule has 3 aromatic rings. The Bertz CT molecular complexity index is 1280. The largest absolute Gasteiger partial charge is 0.573 e. The van der Waals surface area contributed by atoms with E-state index < -0.39 is 23.4 Å². The molecule has 0 saturated carbocycles. The third-order valence-electron chi connectivity index (χ3n) is 4.44. The van der Waals surface area contributed by atoms with E-state index in [0.717, 1.165) is 16.7 Å². The Hall–Kier alpha value is -3.74. The summed E-state index contributed by atoms with van der Waals surface area (Å²) in [6.45, 7) is 1.64. The van der Waals surface area contributed by atoms with Gasteiger partial charge >= 0.3 is 12.1 Å². The van der Waals surface area contributed by atoms with Crippen molar-refractivity contribution >= 4 is 17.4 Å². The zero-order valence-corrected chi connectivity index (χ0v) is 17.7. The number of aryl methyl sites for hydroxylation is 2. The van der Waals surface area contributed by atoms with Crippen molar-refractivity contribution in [1.29, 1.82) is 0 Å². The Balaban J connectivity index is 1.78. The molecule has 3 rings (SSSR count). The van der Waals surface area contributed by atoms with Crippen LogP contribution in [0, 0.1) is 0 Å². The highest BCUT2D eigenvalue weighted by Gasteiger charge is 2.31. The zero-order chi connectivity index (χ0) is 24.2. The van der Waals surface area contributed by atoms with Gasteiger partial charge in [0.2, 0.25) is 0 Å². The van der Waals surface area contributed by atoms with Crippen molar-refractivity contribution < 1.29 is 32.5 Å². The van der Waals surface area contributed by atoms with Crippen LogP contribution in [0.3, 0.4) is 0 Å². The fourth-order valence-electron chi connectivity index (χ4n) is 3.06. The first-order valence-electron chi connectivity index (χ1n) is 9.77. The fourth-order valence-corrected chi connectivity index (χ4v) is 3.06. The molecule has 33 heavy (non-hydrogen) atoms. The lowest BCUT2D eigenvalue weighted by Crippen LogP contribution is -2.36. The molecule has 0 spiro atoms. The first-order valence-corrected chi connectivity index (χ1v) is 9.77. The minimum Gasteiger partial charge on any atom is -0.490 e. The number of imidazole rings is 1. The average Bonchev–Trinajstić information content (AvgIpc) is 3.13. The lowest BCUT2D eigenvalue weighted by atomic mass is 10.3. The van der Waals surface area contributed by atoms with Gasteiger partial charge in [-0.25, -0.2) is 9.36 Å². The van der Waals surface area contributed by atoms with Gasteiger partial charge in [-0.3, -0.25) is 13.9 Å². The molecule has 178 valence electrons. The van der Waals surface area contributed by atoms with Crippen molar-refractivity contribution in [3.05, 3.63) is 51.2 Å². The second-order valence-electron chi connectivity index (χ2n) is 6.61. The summed E-state index contributed by atoms with van der Waals surface area (Å²) >= 11 is 0. The molecule has 0 radical (unpaired) electrons. The number of aromatic nitrogens is 4. The van der Waals surface area contributed by atoms with Crippen LogP contribution in [-0.4, -0.2) is 50.0 Å². The smallest absolute Gasteiger partial charge is 0.490 e. The van der Waals surface area contributed by atoms with Crippen LogP contribution in [0.5, 0.6) is 17.5 Å². The quantitative estimate of drug-likeness (QED) is 0.475. The lowest BCUT2D eigenvalue weighted by Gasteiger charge is -2.11. The van der Waals surface area contributed by atoms with E-state index in [1.165, 1.54) is 40.6 Å². The number of hydrogen-bond donors (Lipinski definition) is 1. The van der Waals surface area contributed by atoms with Gasteiger partial charge in [0.25, 0.3) is 11.6 Å². The molecule has 10 nitrogen and oxygen atoms in total. The molecule has 0 aliphatic rings. The molecule has 0 saturated heterocycles. The predicted octanol–water partition coefficient (Wildman–Crippen LogP) is 1.74. The highest BCUT2D eigenvalue weighted by molar-refractivity contribution is 5.72. The van der Waals surface area contributed by atoms with Gasteiger partial charge in [-0.2, -0.15) is 4.98 Å². The highest BCUT2D eigenvalue weighted by Crippen LogP contribution is 2.26. The molecule has 0 bridgehead atoms. The third kappa shape index (κ3) is 5.37. The summed E-state index contributed by atoms with van der Waals surface area (Å²) in [5.74, 6) is -0.272. The third-order valence-corrected chi connectivity index (χ3v) is 4.44. The normalized spacial score (nSPS) is 11.9. The van der Waals surface area contributed by atoms with Gasteiger partial charge in [0.05, 0.1) is 6.61 Å².